The van der Waals surface area contributed by atoms with Gasteiger partial charge in [-0.05, 0) is 30.1 Å². The van der Waals surface area contributed by atoms with Crippen LogP contribution in [-0.4, -0.2) is 22.9 Å². The lowest BCUT2D eigenvalue weighted by atomic mass is 9.76. The molecule has 0 aromatic heterocycles. The highest BCUT2D eigenvalue weighted by molar-refractivity contribution is 4.80. The van der Waals surface area contributed by atoms with E-state index in [2.05, 4.69) is 13.8 Å². The summed E-state index contributed by atoms with van der Waals surface area (Å²) in [5, 5.41) is 18.9. The summed E-state index contributed by atoms with van der Waals surface area (Å²) in [5.41, 5.74) is -0.0441. The third kappa shape index (κ3) is 4.43. The highest BCUT2D eigenvalue weighted by Crippen LogP contribution is 2.32. The summed E-state index contributed by atoms with van der Waals surface area (Å²) >= 11 is 0. The Morgan fingerprint density at radius 1 is 1.14 bits per heavy atom. The van der Waals surface area contributed by atoms with Crippen molar-refractivity contribution in [3.63, 3.8) is 0 Å². The van der Waals surface area contributed by atoms with E-state index >= 15 is 0 Å². The number of aliphatic hydroxyl groups excluding tert-OH is 2. The van der Waals surface area contributed by atoms with Gasteiger partial charge in [-0.2, -0.15) is 0 Å². The molecule has 0 aliphatic rings. The van der Waals surface area contributed by atoms with Crippen molar-refractivity contribution in [3.05, 3.63) is 0 Å². The summed E-state index contributed by atoms with van der Waals surface area (Å²) in [6.07, 6.45) is 1.69. The zero-order chi connectivity index (χ0) is 11.4. The van der Waals surface area contributed by atoms with E-state index in [0.29, 0.717) is 11.8 Å². The van der Waals surface area contributed by atoms with Gasteiger partial charge < -0.3 is 10.2 Å². The molecule has 0 aromatic rings. The Hall–Kier alpha value is -0.0800. The van der Waals surface area contributed by atoms with Gasteiger partial charge in [0.25, 0.3) is 0 Å². The molecule has 0 rings (SSSR count). The van der Waals surface area contributed by atoms with Crippen LogP contribution < -0.4 is 0 Å². The minimum Gasteiger partial charge on any atom is -0.396 e. The molecule has 14 heavy (non-hydrogen) atoms. The number of hydrogen-bond donors (Lipinski definition) is 2. The lowest BCUT2D eigenvalue weighted by molar-refractivity contribution is 0.00354. The Morgan fingerprint density at radius 2 is 1.64 bits per heavy atom. The average molecular weight is 202 g/mol. The zero-order valence-corrected chi connectivity index (χ0v) is 10.2. The van der Waals surface area contributed by atoms with Crippen LogP contribution in [0.1, 0.15) is 47.5 Å². The first-order valence-electron chi connectivity index (χ1n) is 5.60. The summed E-state index contributed by atoms with van der Waals surface area (Å²) in [5.74, 6) is 0.642. The van der Waals surface area contributed by atoms with Gasteiger partial charge in [-0.3, -0.25) is 0 Å². The molecule has 2 unspecified atom stereocenters. The Bertz CT molecular complexity index is 152. The van der Waals surface area contributed by atoms with Crippen LogP contribution in [0.4, 0.5) is 0 Å². The average Bonchev–Trinajstić information content (AvgIpc) is 2.12. The van der Waals surface area contributed by atoms with Gasteiger partial charge in [-0.1, -0.05) is 34.6 Å². The van der Waals surface area contributed by atoms with Gasteiger partial charge in [-0.15, -0.1) is 0 Å². The van der Waals surface area contributed by atoms with E-state index in [1.807, 2.05) is 20.8 Å². The summed E-state index contributed by atoms with van der Waals surface area (Å²) < 4.78 is 0. The quantitative estimate of drug-likeness (QED) is 0.694. The van der Waals surface area contributed by atoms with Crippen LogP contribution in [-0.2, 0) is 0 Å². The predicted octanol–water partition coefficient (Wildman–Crippen LogP) is 2.44. The Labute approximate surface area is 88.3 Å². The second kappa shape index (κ2) is 5.72. The molecule has 0 aliphatic heterocycles. The van der Waals surface area contributed by atoms with Gasteiger partial charge in [0.2, 0.25) is 0 Å². The minimum absolute atomic E-state index is 0.0441. The molecule has 0 saturated heterocycles. The molecule has 0 aromatic carbocycles. The van der Waals surface area contributed by atoms with Crippen molar-refractivity contribution < 1.29 is 10.2 Å². The van der Waals surface area contributed by atoms with E-state index < -0.39 is 0 Å². The molecule has 0 bridgehead atoms. The van der Waals surface area contributed by atoms with E-state index in [-0.39, 0.29) is 18.1 Å². The van der Waals surface area contributed by atoms with Gasteiger partial charge in [0, 0.05) is 6.61 Å². The molecule has 2 heteroatoms. The first-order chi connectivity index (χ1) is 6.31. The number of rotatable bonds is 6. The maximum atomic E-state index is 9.98. The molecule has 0 radical (unpaired) electrons. The van der Waals surface area contributed by atoms with E-state index in [1.54, 1.807) is 0 Å². The topological polar surface area (TPSA) is 40.5 Å². The van der Waals surface area contributed by atoms with Gasteiger partial charge in [0.15, 0.2) is 0 Å². The van der Waals surface area contributed by atoms with E-state index in [4.69, 9.17) is 5.11 Å². The van der Waals surface area contributed by atoms with E-state index in [0.717, 1.165) is 12.8 Å². The van der Waals surface area contributed by atoms with E-state index in [1.165, 1.54) is 0 Å². The Kier molecular flexibility index (Phi) is 5.68. The molecule has 0 saturated carbocycles. The zero-order valence-electron chi connectivity index (χ0n) is 10.2. The van der Waals surface area contributed by atoms with Crippen molar-refractivity contribution in [3.8, 4) is 0 Å². The van der Waals surface area contributed by atoms with Crippen LogP contribution in [0.25, 0.3) is 0 Å². The van der Waals surface area contributed by atoms with Crippen molar-refractivity contribution in [1.29, 1.82) is 0 Å². The first-order valence-corrected chi connectivity index (χ1v) is 5.60. The highest BCUT2D eigenvalue weighted by atomic mass is 16.3. The second-order valence-corrected chi connectivity index (χ2v) is 5.50. The summed E-state index contributed by atoms with van der Waals surface area (Å²) in [6.45, 7) is 10.6. The van der Waals surface area contributed by atoms with Gasteiger partial charge in [0.05, 0.1) is 6.10 Å². The third-order valence-electron chi connectivity index (χ3n) is 3.03. The fourth-order valence-corrected chi connectivity index (χ4v) is 1.76. The molecule has 0 spiro atoms. The third-order valence-corrected chi connectivity index (χ3v) is 3.03. The van der Waals surface area contributed by atoms with Crippen molar-refractivity contribution in [2.24, 2.45) is 17.3 Å². The van der Waals surface area contributed by atoms with Crippen LogP contribution in [0.5, 0.6) is 0 Å². The molecular formula is C12H26O2. The predicted molar refractivity (Wildman–Crippen MR) is 60.1 cm³/mol. The Balaban J connectivity index is 4.06. The molecule has 2 N–H and O–H groups in total. The van der Waals surface area contributed by atoms with Gasteiger partial charge >= 0.3 is 0 Å². The molecule has 0 amide bonds. The van der Waals surface area contributed by atoms with Gasteiger partial charge in [0.1, 0.15) is 0 Å². The highest BCUT2D eigenvalue weighted by Gasteiger charge is 2.29. The SMILES string of the molecule is CC(CO)CCC(C)(C)C(O)C(C)C. The molecule has 0 aliphatic carbocycles. The maximum absolute atomic E-state index is 9.98. The molecule has 0 heterocycles. The van der Waals surface area contributed by atoms with Crippen LogP contribution in [0.15, 0.2) is 0 Å². The van der Waals surface area contributed by atoms with Crippen molar-refractivity contribution in [1.82, 2.24) is 0 Å². The molecule has 0 fully saturated rings. The standard InChI is InChI=1S/C12H26O2/c1-9(2)11(14)12(4,5)7-6-10(3)8-13/h9-11,13-14H,6-8H2,1-5H3. The van der Waals surface area contributed by atoms with Crippen molar-refractivity contribution in [2.45, 2.75) is 53.6 Å². The van der Waals surface area contributed by atoms with Crippen molar-refractivity contribution >= 4 is 0 Å². The van der Waals surface area contributed by atoms with Crippen LogP contribution in [0.2, 0.25) is 0 Å². The van der Waals surface area contributed by atoms with Crippen LogP contribution in [0, 0.1) is 17.3 Å². The summed E-state index contributed by atoms with van der Waals surface area (Å²) in [4.78, 5) is 0. The fourth-order valence-electron chi connectivity index (χ4n) is 1.76. The molecular weight excluding hydrogens is 176 g/mol. The smallest absolute Gasteiger partial charge is 0.0614 e. The van der Waals surface area contributed by atoms with Crippen LogP contribution in [0.3, 0.4) is 0 Å². The molecule has 2 nitrogen and oxygen atoms in total. The second-order valence-electron chi connectivity index (χ2n) is 5.50. The summed E-state index contributed by atoms with van der Waals surface area (Å²) in [6, 6.07) is 0. The Morgan fingerprint density at radius 3 is 2.00 bits per heavy atom. The maximum Gasteiger partial charge on any atom is 0.0614 e. The van der Waals surface area contributed by atoms with Gasteiger partial charge in [-0.25, -0.2) is 0 Å². The monoisotopic (exact) mass is 202 g/mol. The normalized spacial score (nSPS) is 17.1. The minimum atomic E-state index is -0.256. The number of aliphatic hydroxyl groups is 2. The number of hydrogen-bond acceptors (Lipinski definition) is 2. The molecule has 2 atom stereocenters. The lowest BCUT2D eigenvalue weighted by Crippen LogP contribution is -2.34. The van der Waals surface area contributed by atoms with Crippen molar-refractivity contribution in [2.75, 3.05) is 6.61 Å². The fraction of sp³-hybridized carbons (Fsp3) is 1.00. The van der Waals surface area contributed by atoms with E-state index in [9.17, 15) is 5.11 Å². The largest absolute Gasteiger partial charge is 0.396 e. The van der Waals surface area contributed by atoms with Crippen LogP contribution >= 0.6 is 0 Å². The first kappa shape index (κ1) is 13.9. The lowest BCUT2D eigenvalue weighted by Gasteiger charge is -2.34. The molecule has 86 valence electrons. The summed E-state index contributed by atoms with van der Waals surface area (Å²) in [7, 11) is 0.